The molecule has 2 N–H and O–H groups in total. The Morgan fingerprint density at radius 2 is 1.77 bits per heavy atom. The van der Waals surface area contributed by atoms with Crippen molar-refractivity contribution in [3.05, 3.63) is 64.7 Å². The average molecular weight is 376 g/mol. The fraction of sp³-hybridized carbons (Fsp3) is 0.350. The van der Waals surface area contributed by atoms with Crippen molar-refractivity contribution in [3.8, 4) is 5.75 Å². The molecule has 1 amide bonds. The standard InChI is InChI=1S/C20H23ClN2O3/c21-18-5-7-19(8-6-18)26-15-20(24)22-13-16-3-1-2-4-17(16)14-23-9-11-25-12-10-23/h1-8H,9-15H2,(H,22,24)/p+1. The molecule has 0 aliphatic carbocycles. The van der Waals surface area contributed by atoms with Gasteiger partial charge in [0.15, 0.2) is 6.61 Å². The summed E-state index contributed by atoms with van der Waals surface area (Å²) in [6, 6.07) is 15.2. The summed E-state index contributed by atoms with van der Waals surface area (Å²) < 4.78 is 10.9. The molecule has 5 nitrogen and oxygen atoms in total. The van der Waals surface area contributed by atoms with Crippen LogP contribution < -0.4 is 15.0 Å². The van der Waals surface area contributed by atoms with E-state index in [1.54, 1.807) is 24.3 Å². The number of ether oxygens (including phenoxy) is 2. The van der Waals surface area contributed by atoms with Gasteiger partial charge in [-0.2, -0.15) is 0 Å². The molecule has 0 bridgehead atoms. The molecule has 2 aromatic rings. The van der Waals surface area contributed by atoms with Crippen LogP contribution >= 0.6 is 11.6 Å². The molecule has 3 rings (SSSR count). The SMILES string of the molecule is O=C(COc1ccc(Cl)cc1)NCc1ccccc1C[NH+]1CCOCC1. The van der Waals surface area contributed by atoms with Crippen LogP contribution in [-0.2, 0) is 22.6 Å². The Labute approximate surface area is 158 Å². The lowest BCUT2D eigenvalue weighted by atomic mass is 10.1. The van der Waals surface area contributed by atoms with E-state index < -0.39 is 0 Å². The zero-order valence-corrected chi connectivity index (χ0v) is 15.4. The van der Waals surface area contributed by atoms with Gasteiger partial charge in [-0.05, 0) is 29.8 Å². The summed E-state index contributed by atoms with van der Waals surface area (Å²) in [5, 5.41) is 3.57. The van der Waals surface area contributed by atoms with E-state index in [0.717, 1.165) is 38.4 Å². The molecule has 0 atom stereocenters. The van der Waals surface area contributed by atoms with Gasteiger partial charge in [-0.25, -0.2) is 0 Å². The maximum Gasteiger partial charge on any atom is 0.258 e. The molecule has 0 radical (unpaired) electrons. The fourth-order valence-electron chi connectivity index (χ4n) is 2.93. The number of halogens is 1. The highest BCUT2D eigenvalue weighted by Gasteiger charge is 2.16. The van der Waals surface area contributed by atoms with Crippen molar-refractivity contribution in [1.29, 1.82) is 0 Å². The summed E-state index contributed by atoms with van der Waals surface area (Å²) in [7, 11) is 0. The fourth-order valence-corrected chi connectivity index (χ4v) is 3.06. The third kappa shape index (κ3) is 5.73. The van der Waals surface area contributed by atoms with Crippen molar-refractivity contribution >= 4 is 17.5 Å². The number of quaternary nitrogens is 1. The maximum atomic E-state index is 12.1. The predicted octanol–water partition coefficient (Wildman–Crippen LogP) is 1.45. The molecule has 6 heteroatoms. The molecule has 138 valence electrons. The Morgan fingerprint density at radius 1 is 1.08 bits per heavy atom. The summed E-state index contributed by atoms with van der Waals surface area (Å²) in [5.74, 6) is 0.481. The smallest absolute Gasteiger partial charge is 0.258 e. The number of rotatable bonds is 7. The quantitative estimate of drug-likeness (QED) is 0.770. The van der Waals surface area contributed by atoms with E-state index in [9.17, 15) is 4.79 Å². The molecule has 1 aliphatic heterocycles. The second kappa shape index (κ2) is 9.57. The minimum atomic E-state index is -0.145. The monoisotopic (exact) mass is 375 g/mol. The third-order valence-electron chi connectivity index (χ3n) is 4.42. The molecule has 1 aliphatic rings. The Bertz CT molecular complexity index is 715. The first-order chi connectivity index (χ1) is 12.7. The average Bonchev–Trinajstić information content (AvgIpc) is 2.68. The molecule has 1 saturated heterocycles. The predicted molar refractivity (Wildman–Crippen MR) is 100 cm³/mol. The summed E-state index contributed by atoms with van der Waals surface area (Å²) >= 11 is 5.83. The van der Waals surface area contributed by atoms with Crippen molar-refractivity contribution in [3.63, 3.8) is 0 Å². The number of hydrogen-bond donors (Lipinski definition) is 2. The highest BCUT2D eigenvalue weighted by molar-refractivity contribution is 6.30. The van der Waals surface area contributed by atoms with E-state index >= 15 is 0 Å². The first kappa shape index (κ1) is 18.7. The lowest BCUT2D eigenvalue weighted by Gasteiger charge is -2.24. The first-order valence-corrected chi connectivity index (χ1v) is 9.21. The van der Waals surface area contributed by atoms with Gasteiger partial charge in [-0.15, -0.1) is 0 Å². The van der Waals surface area contributed by atoms with Gasteiger partial charge < -0.3 is 19.7 Å². The maximum absolute atomic E-state index is 12.1. The first-order valence-electron chi connectivity index (χ1n) is 8.84. The van der Waals surface area contributed by atoms with Crippen LogP contribution in [0.4, 0.5) is 0 Å². The van der Waals surface area contributed by atoms with E-state index in [1.165, 1.54) is 10.5 Å². The van der Waals surface area contributed by atoms with Crippen molar-refractivity contribution in [1.82, 2.24) is 5.32 Å². The number of hydrogen-bond acceptors (Lipinski definition) is 3. The highest BCUT2D eigenvalue weighted by Crippen LogP contribution is 2.15. The van der Waals surface area contributed by atoms with Crippen molar-refractivity contribution < 1.29 is 19.2 Å². The van der Waals surface area contributed by atoms with Crippen molar-refractivity contribution in [2.24, 2.45) is 0 Å². The Morgan fingerprint density at radius 3 is 2.50 bits per heavy atom. The molecule has 0 saturated carbocycles. The van der Waals surface area contributed by atoms with E-state index in [4.69, 9.17) is 21.1 Å². The largest absolute Gasteiger partial charge is 0.484 e. The summed E-state index contributed by atoms with van der Waals surface area (Å²) in [4.78, 5) is 13.6. The van der Waals surface area contributed by atoms with Gasteiger partial charge in [0, 0.05) is 17.1 Å². The lowest BCUT2D eigenvalue weighted by Crippen LogP contribution is -3.12. The van der Waals surface area contributed by atoms with E-state index in [-0.39, 0.29) is 12.5 Å². The van der Waals surface area contributed by atoms with Crippen LogP contribution in [0.1, 0.15) is 11.1 Å². The molecule has 0 unspecified atom stereocenters. The van der Waals surface area contributed by atoms with Crippen LogP contribution in [0.2, 0.25) is 5.02 Å². The minimum absolute atomic E-state index is 0.0154. The van der Waals surface area contributed by atoms with E-state index in [1.807, 2.05) is 12.1 Å². The summed E-state index contributed by atoms with van der Waals surface area (Å²) in [5.41, 5.74) is 2.41. The second-order valence-corrected chi connectivity index (χ2v) is 6.76. The van der Waals surface area contributed by atoms with Gasteiger partial charge in [0.1, 0.15) is 25.4 Å². The number of nitrogens with one attached hydrogen (secondary N) is 2. The molecular weight excluding hydrogens is 352 g/mol. The van der Waals surface area contributed by atoms with Crippen LogP contribution in [0.15, 0.2) is 48.5 Å². The molecule has 0 spiro atoms. The Kier molecular flexibility index (Phi) is 6.89. The number of morpholine rings is 1. The van der Waals surface area contributed by atoms with E-state index in [0.29, 0.717) is 17.3 Å². The van der Waals surface area contributed by atoms with Gasteiger partial charge >= 0.3 is 0 Å². The summed E-state index contributed by atoms with van der Waals surface area (Å²) in [6.07, 6.45) is 0. The van der Waals surface area contributed by atoms with Gasteiger partial charge in [0.05, 0.1) is 13.2 Å². The molecular formula is C20H24ClN2O3+. The molecule has 2 aromatic carbocycles. The van der Waals surface area contributed by atoms with Gasteiger partial charge in [-0.3, -0.25) is 4.79 Å². The van der Waals surface area contributed by atoms with Crippen LogP contribution in [0.25, 0.3) is 0 Å². The van der Waals surface area contributed by atoms with Gasteiger partial charge in [0.2, 0.25) is 0 Å². The highest BCUT2D eigenvalue weighted by atomic mass is 35.5. The summed E-state index contributed by atoms with van der Waals surface area (Å²) in [6.45, 7) is 5.12. The Balaban J connectivity index is 1.49. The van der Waals surface area contributed by atoms with Gasteiger partial charge in [0.25, 0.3) is 5.91 Å². The number of benzene rings is 2. The third-order valence-corrected chi connectivity index (χ3v) is 4.67. The zero-order valence-electron chi connectivity index (χ0n) is 14.7. The topological polar surface area (TPSA) is 52.0 Å². The molecule has 0 aromatic heterocycles. The van der Waals surface area contributed by atoms with E-state index in [2.05, 4.69) is 17.4 Å². The van der Waals surface area contributed by atoms with Crippen LogP contribution in [0.3, 0.4) is 0 Å². The molecule has 26 heavy (non-hydrogen) atoms. The normalized spacial score (nSPS) is 14.8. The Hall–Kier alpha value is -2.08. The van der Waals surface area contributed by atoms with Crippen molar-refractivity contribution in [2.45, 2.75) is 13.1 Å². The number of amides is 1. The van der Waals surface area contributed by atoms with Crippen molar-refractivity contribution in [2.75, 3.05) is 32.9 Å². The number of carbonyl (C=O) groups excluding carboxylic acids is 1. The molecule has 1 heterocycles. The number of carbonyl (C=O) groups is 1. The lowest BCUT2D eigenvalue weighted by molar-refractivity contribution is -0.921. The van der Waals surface area contributed by atoms with Gasteiger partial charge in [-0.1, -0.05) is 35.9 Å². The second-order valence-electron chi connectivity index (χ2n) is 6.33. The molecule has 1 fully saturated rings. The minimum Gasteiger partial charge on any atom is -0.484 e. The van der Waals surface area contributed by atoms with Crippen LogP contribution in [-0.4, -0.2) is 38.8 Å². The van der Waals surface area contributed by atoms with Crippen LogP contribution in [0, 0.1) is 0 Å². The zero-order chi connectivity index (χ0) is 18.2. The van der Waals surface area contributed by atoms with Crippen LogP contribution in [0.5, 0.6) is 5.75 Å².